The van der Waals surface area contributed by atoms with Crippen LogP contribution in [-0.4, -0.2) is 34.4 Å². The monoisotopic (exact) mass is 261 g/mol. The highest BCUT2D eigenvalue weighted by atomic mass is 32.2. The predicted octanol–water partition coefficient (Wildman–Crippen LogP) is 0.923. The van der Waals surface area contributed by atoms with Gasteiger partial charge in [-0.25, -0.2) is 4.79 Å². The molecule has 0 spiro atoms. The van der Waals surface area contributed by atoms with Gasteiger partial charge in [-0.15, -0.1) is 0 Å². The zero-order valence-corrected chi connectivity index (χ0v) is 10.8. The molecule has 0 bridgehead atoms. The van der Waals surface area contributed by atoms with Crippen LogP contribution in [0.1, 0.15) is 26.2 Å². The highest BCUT2D eigenvalue weighted by Crippen LogP contribution is 2.49. The lowest BCUT2D eigenvalue weighted by atomic mass is 9.62. The summed E-state index contributed by atoms with van der Waals surface area (Å²) in [6.45, 7) is 4.31. The van der Waals surface area contributed by atoms with Gasteiger partial charge in [0.05, 0.1) is 6.61 Å². The van der Waals surface area contributed by atoms with Crippen LogP contribution in [-0.2, 0) is 20.3 Å². The van der Waals surface area contributed by atoms with Crippen molar-refractivity contribution in [3.05, 3.63) is 6.08 Å². The topological polar surface area (TPSA) is 75.6 Å². The SMILES string of the molecule is CCCOS(=O)O.O=C=CC12CCC1CNC2. The lowest BCUT2D eigenvalue weighted by Crippen LogP contribution is -2.37. The summed E-state index contributed by atoms with van der Waals surface area (Å²) in [7, 11) is 0. The Labute approximate surface area is 104 Å². The van der Waals surface area contributed by atoms with Crippen LogP contribution in [0.25, 0.3) is 0 Å². The molecule has 2 rings (SSSR count). The molecule has 1 aliphatic carbocycles. The molecule has 0 amide bonds. The molecule has 1 saturated carbocycles. The van der Waals surface area contributed by atoms with Crippen molar-refractivity contribution in [2.45, 2.75) is 26.2 Å². The molecular formula is C11H19NO4S. The van der Waals surface area contributed by atoms with Crippen LogP contribution in [0.2, 0.25) is 0 Å². The third-order valence-electron chi connectivity index (χ3n) is 3.35. The van der Waals surface area contributed by atoms with Crippen LogP contribution in [0.5, 0.6) is 0 Å². The summed E-state index contributed by atoms with van der Waals surface area (Å²) in [4.78, 5) is 10.1. The van der Waals surface area contributed by atoms with Crippen molar-refractivity contribution in [3.63, 3.8) is 0 Å². The Morgan fingerprint density at radius 2 is 2.47 bits per heavy atom. The molecular weight excluding hydrogens is 242 g/mol. The molecule has 2 aliphatic rings. The summed E-state index contributed by atoms with van der Waals surface area (Å²) in [5, 5.41) is 3.30. The zero-order valence-electron chi connectivity index (χ0n) is 9.98. The number of hydrogen-bond donors (Lipinski definition) is 2. The van der Waals surface area contributed by atoms with E-state index in [2.05, 4.69) is 9.50 Å². The van der Waals surface area contributed by atoms with Crippen LogP contribution in [0.15, 0.2) is 6.08 Å². The summed E-state index contributed by atoms with van der Waals surface area (Å²) < 4.78 is 21.8. The maximum absolute atomic E-state index is 10.1. The second kappa shape index (κ2) is 7.03. The highest BCUT2D eigenvalue weighted by molar-refractivity contribution is 7.74. The molecule has 17 heavy (non-hydrogen) atoms. The van der Waals surface area contributed by atoms with Gasteiger partial charge in [0.2, 0.25) is 0 Å². The minimum atomic E-state index is -2.07. The summed E-state index contributed by atoms with van der Waals surface area (Å²) in [6, 6.07) is 0. The van der Waals surface area contributed by atoms with Crippen molar-refractivity contribution in [2.75, 3.05) is 19.7 Å². The molecule has 5 nitrogen and oxygen atoms in total. The molecule has 0 aromatic rings. The van der Waals surface area contributed by atoms with E-state index in [1.807, 2.05) is 12.9 Å². The van der Waals surface area contributed by atoms with Crippen molar-refractivity contribution in [2.24, 2.45) is 11.3 Å². The Morgan fingerprint density at radius 3 is 2.82 bits per heavy atom. The Hall–Kier alpha value is -0.520. The van der Waals surface area contributed by atoms with Crippen molar-refractivity contribution < 1.29 is 17.7 Å². The summed E-state index contributed by atoms with van der Waals surface area (Å²) in [5.74, 6) is 2.65. The van der Waals surface area contributed by atoms with Crippen LogP contribution in [0.4, 0.5) is 0 Å². The fourth-order valence-corrected chi connectivity index (χ4v) is 2.56. The minimum absolute atomic E-state index is 0.224. The first kappa shape index (κ1) is 14.5. The molecule has 0 aromatic heterocycles. The standard InChI is InChI=1S/C8H11NO.C3H8O3S/c10-4-3-8-2-1-7(8)5-9-6-8;1-2-3-6-7(4)5/h3,7,9H,1-2,5-6H2;2-3H2,1H3,(H,4,5). The maximum atomic E-state index is 10.1. The molecule has 98 valence electrons. The summed E-state index contributed by atoms with van der Waals surface area (Å²) >= 11 is -2.07. The largest absolute Gasteiger partial charge is 0.316 e. The van der Waals surface area contributed by atoms with Gasteiger partial charge in [0.25, 0.3) is 0 Å². The Morgan fingerprint density at radius 1 is 1.71 bits per heavy atom. The maximum Gasteiger partial charge on any atom is 0.301 e. The first-order valence-corrected chi connectivity index (χ1v) is 6.84. The number of rotatable bonds is 4. The predicted molar refractivity (Wildman–Crippen MR) is 65.3 cm³/mol. The molecule has 3 atom stereocenters. The molecule has 3 unspecified atom stereocenters. The van der Waals surface area contributed by atoms with Crippen molar-refractivity contribution in [1.29, 1.82) is 0 Å². The first-order chi connectivity index (χ1) is 8.14. The van der Waals surface area contributed by atoms with E-state index in [-0.39, 0.29) is 5.41 Å². The van der Waals surface area contributed by atoms with Gasteiger partial charge in [-0.2, -0.15) is 4.21 Å². The molecule has 0 aromatic carbocycles. The van der Waals surface area contributed by atoms with Gasteiger partial charge in [0.15, 0.2) is 0 Å². The lowest BCUT2D eigenvalue weighted by Gasteiger charge is -2.40. The van der Waals surface area contributed by atoms with Crippen LogP contribution in [0.3, 0.4) is 0 Å². The van der Waals surface area contributed by atoms with Gasteiger partial charge in [0.1, 0.15) is 5.94 Å². The Bertz CT molecular complexity index is 317. The Kier molecular flexibility index (Phi) is 6.02. The van der Waals surface area contributed by atoms with Crippen LogP contribution in [0, 0.1) is 11.3 Å². The van der Waals surface area contributed by atoms with Gasteiger partial charge >= 0.3 is 11.4 Å². The summed E-state index contributed by atoms with van der Waals surface area (Å²) in [6.07, 6.45) is 4.96. The average Bonchev–Trinajstić information content (AvgIpc) is 2.55. The van der Waals surface area contributed by atoms with Crippen molar-refractivity contribution in [3.8, 4) is 0 Å². The van der Waals surface area contributed by atoms with Crippen molar-refractivity contribution >= 4 is 17.3 Å². The van der Waals surface area contributed by atoms with E-state index >= 15 is 0 Å². The molecule has 1 heterocycles. The van der Waals surface area contributed by atoms with E-state index in [9.17, 15) is 9.00 Å². The average molecular weight is 261 g/mol. The second-order valence-electron chi connectivity index (χ2n) is 4.40. The zero-order chi connectivity index (χ0) is 12.7. The molecule has 2 N–H and O–H groups in total. The fraction of sp³-hybridized carbons (Fsp3) is 0.818. The van der Waals surface area contributed by atoms with Crippen LogP contribution < -0.4 is 5.32 Å². The first-order valence-electron chi connectivity index (χ1n) is 5.81. The quantitative estimate of drug-likeness (QED) is 0.581. The molecule has 1 saturated heterocycles. The molecule has 1 aliphatic heterocycles. The van der Waals surface area contributed by atoms with E-state index in [0.29, 0.717) is 6.61 Å². The number of nitrogens with one attached hydrogen (secondary N) is 1. The van der Waals surface area contributed by atoms with E-state index in [1.165, 1.54) is 12.8 Å². The minimum Gasteiger partial charge on any atom is -0.316 e. The number of carbonyl (C=O) groups excluding carboxylic acids is 1. The number of fused-ring (bicyclic) bond motifs is 1. The fourth-order valence-electron chi connectivity index (χ4n) is 2.25. The van der Waals surface area contributed by atoms with Gasteiger partial charge in [-0.3, -0.25) is 8.74 Å². The highest BCUT2D eigenvalue weighted by Gasteiger charge is 2.48. The second-order valence-corrected chi connectivity index (χ2v) is 5.07. The van der Waals surface area contributed by atoms with Gasteiger partial charge < -0.3 is 5.32 Å². The Balaban J connectivity index is 0.000000185. The van der Waals surface area contributed by atoms with E-state index in [4.69, 9.17) is 4.55 Å². The molecule has 0 radical (unpaired) electrons. The third kappa shape index (κ3) is 4.01. The third-order valence-corrected chi connectivity index (χ3v) is 3.72. The lowest BCUT2D eigenvalue weighted by molar-refractivity contribution is 0.148. The van der Waals surface area contributed by atoms with Gasteiger partial charge in [0, 0.05) is 18.0 Å². The molecule has 6 heteroatoms. The molecule has 2 fully saturated rings. The summed E-state index contributed by atoms with van der Waals surface area (Å²) in [5.41, 5.74) is 0.224. The number of hydrogen-bond acceptors (Lipinski definition) is 4. The van der Waals surface area contributed by atoms with E-state index in [1.54, 1.807) is 6.08 Å². The van der Waals surface area contributed by atoms with Gasteiger partial charge in [-0.05, 0) is 31.7 Å². The smallest absolute Gasteiger partial charge is 0.301 e. The van der Waals surface area contributed by atoms with E-state index in [0.717, 1.165) is 25.4 Å². The van der Waals surface area contributed by atoms with E-state index < -0.39 is 11.4 Å². The van der Waals surface area contributed by atoms with Crippen molar-refractivity contribution in [1.82, 2.24) is 5.32 Å². The van der Waals surface area contributed by atoms with Crippen LogP contribution >= 0.6 is 0 Å². The van der Waals surface area contributed by atoms with Gasteiger partial charge in [-0.1, -0.05) is 6.92 Å². The normalized spacial score (nSPS) is 31.3.